The standard InChI is InChI=1S/C14H19N3S/c1-14(2,13(15)18)8-5-9-17-10-16-11-6-3-4-7-12(11)17/h3-4,6-7,10H,5,8-9H2,1-2H3,(H2,15,18). The molecule has 0 aliphatic heterocycles. The van der Waals surface area contributed by atoms with E-state index in [1.165, 1.54) is 5.52 Å². The Morgan fingerprint density at radius 3 is 2.83 bits per heavy atom. The van der Waals surface area contributed by atoms with Gasteiger partial charge in [0, 0.05) is 12.0 Å². The summed E-state index contributed by atoms with van der Waals surface area (Å²) in [6.45, 7) is 5.15. The van der Waals surface area contributed by atoms with E-state index in [4.69, 9.17) is 18.0 Å². The number of benzene rings is 1. The van der Waals surface area contributed by atoms with Gasteiger partial charge < -0.3 is 10.3 Å². The molecule has 1 aromatic carbocycles. The molecule has 0 aliphatic carbocycles. The van der Waals surface area contributed by atoms with E-state index in [0.717, 1.165) is 24.9 Å². The van der Waals surface area contributed by atoms with Crippen molar-refractivity contribution in [2.45, 2.75) is 33.2 Å². The molecule has 2 rings (SSSR count). The van der Waals surface area contributed by atoms with Gasteiger partial charge in [-0.1, -0.05) is 38.2 Å². The summed E-state index contributed by atoms with van der Waals surface area (Å²) < 4.78 is 2.19. The van der Waals surface area contributed by atoms with Crippen LogP contribution >= 0.6 is 12.2 Å². The first-order chi connectivity index (χ1) is 8.50. The smallest absolute Gasteiger partial charge is 0.0958 e. The average molecular weight is 261 g/mol. The fourth-order valence-corrected chi connectivity index (χ4v) is 2.11. The van der Waals surface area contributed by atoms with Gasteiger partial charge in [-0.05, 0) is 25.0 Å². The van der Waals surface area contributed by atoms with Gasteiger partial charge in [0.05, 0.1) is 22.3 Å². The number of nitrogens with zero attached hydrogens (tertiary/aromatic N) is 2. The van der Waals surface area contributed by atoms with Crippen LogP contribution in [-0.4, -0.2) is 14.5 Å². The highest BCUT2D eigenvalue weighted by Crippen LogP contribution is 2.23. The van der Waals surface area contributed by atoms with Gasteiger partial charge in [0.15, 0.2) is 0 Å². The highest BCUT2D eigenvalue weighted by molar-refractivity contribution is 7.80. The third-order valence-electron chi connectivity index (χ3n) is 3.40. The topological polar surface area (TPSA) is 43.8 Å². The Balaban J connectivity index is 2.01. The molecule has 0 unspecified atom stereocenters. The molecule has 96 valence electrons. The van der Waals surface area contributed by atoms with Crippen LogP contribution in [0.25, 0.3) is 11.0 Å². The number of aromatic nitrogens is 2. The SMILES string of the molecule is CC(C)(CCCn1cnc2ccccc21)C(N)=S. The lowest BCUT2D eigenvalue weighted by atomic mass is 9.88. The predicted molar refractivity (Wildman–Crippen MR) is 79.5 cm³/mol. The predicted octanol–water partition coefficient (Wildman–Crippen LogP) is 3.13. The summed E-state index contributed by atoms with van der Waals surface area (Å²) in [5.74, 6) is 0. The fourth-order valence-electron chi connectivity index (χ4n) is 2.00. The lowest BCUT2D eigenvalue weighted by Gasteiger charge is -2.22. The van der Waals surface area contributed by atoms with E-state index in [-0.39, 0.29) is 5.41 Å². The molecule has 4 heteroatoms. The Bertz CT molecular complexity index is 557. The summed E-state index contributed by atoms with van der Waals surface area (Å²) >= 11 is 5.08. The summed E-state index contributed by atoms with van der Waals surface area (Å²) in [6, 6.07) is 8.18. The van der Waals surface area contributed by atoms with Crippen molar-refractivity contribution in [3.63, 3.8) is 0 Å². The Kier molecular flexibility index (Phi) is 3.66. The zero-order valence-corrected chi connectivity index (χ0v) is 11.7. The maximum absolute atomic E-state index is 5.73. The van der Waals surface area contributed by atoms with E-state index in [9.17, 15) is 0 Å². The first-order valence-corrected chi connectivity index (χ1v) is 6.61. The Labute approximate surface area is 113 Å². The quantitative estimate of drug-likeness (QED) is 0.841. The van der Waals surface area contributed by atoms with E-state index >= 15 is 0 Å². The van der Waals surface area contributed by atoms with Crippen LogP contribution in [0.3, 0.4) is 0 Å². The van der Waals surface area contributed by atoms with Crippen molar-refractivity contribution in [1.82, 2.24) is 9.55 Å². The van der Waals surface area contributed by atoms with Gasteiger partial charge in [0.25, 0.3) is 0 Å². The van der Waals surface area contributed by atoms with Crippen molar-refractivity contribution in [2.75, 3.05) is 0 Å². The van der Waals surface area contributed by atoms with Crippen LogP contribution in [-0.2, 0) is 6.54 Å². The molecule has 0 spiro atoms. The molecule has 2 aromatic rings. The minimum atomic E-state index is -0.0638. The van der Waals surface area contributed by atoms with Crippen LogP contribution in [0.5, 0.6) is 0 Å². The van der Waals surface area contributed by atoms with Gasteiger partial charge in [0.2, 0.25) is 0 Å². The molecule has 1 heterocycles. The van der Waals surface area contributed by atoms with E-state index < -0.39 is 0 Å². The zero-order valence-electron chi connectivity index (χ0n) is 10.9. The zero-order chi connectivity index (χ0) is 13.2. The molecule has 1 aromatic heterocycles. The van der Waals surface area contributed by atoms with Crippen LogP contribution in [0.15, 0.2) is 30.6 Å². The summed E-state index contributed by atoms with van der Waals surface area (Å²) in [7, 11) is 0. The first kappa shape index (κ1) is 13.0. The second-order valence-electron chi connectivity index (χ2n) is 5.28. The second kappa shape index (κ2) is 5.06. The maximum atomic E-state index is 5.73. The number of nitrogens with two attached hydrogens (primary N) is 1. The maximum Gasteiger partial charge on any atom is 0.0958 e. The number of hydrogen-bond donors (Lipinski definition) is 1. The molecule has 2 N–H and O–H groups in total. The van der Waals surface area contributed by atoms with E-state index in [0.29, 0.717) is 4.99 Å². The Hall–Kier alpha value is -1.42. The molecule has 0 bridgehead atoms. The van der Waals surface area contributed by atoms with Gasteiger partial charge in [0.1, 0.15) is 0 Å². The van der Waals surface area contributed by atoms with Gasteiger partial charge in [-0.25, -0.2) is 4.98 Å². The molecule has 0 saturated heterocycles. The van der Waals surface area contributed by atoms with Crippen LogP contribution in [0.2, 0.25) is 0 Å². The van der Waals surface area contributed by atoms with Gasteiger partial charge >= 0.3 is 0 Å². The molecule has 18 heavy (non-hydrogen) atoms. The van der Waals surface area contributed by atoms with Crippen LogP contribution in [0.4, 0.5) is 0 Å². The number of thiocarbonyl (C=S) groups is 1. The van der Waals surface area contributed by atoms with Gasteiger partial charge in [-0.15, -0.1) is 0 Å². The third-order valence-corrected chi connectivity index (χ3v) is 3.95. The summed E-state index contributed by atoms with van der Waals surface area (Å²) in [4.78, 5) is 4.98. The van der Waals surface area contributed by atoms with Crippen molar-refractivity contribution >= 4 is 28.2 Å². The number of fused-ring (bicyclic) bond motifs is 1. The molecule has 3 nitrogen and oxygen atoms in total. The highest BCUT2D eigenvalue weighted by Gasteiger charge is 2.20. The molecule has 0 saturated carbocycles. The number of para-hydroxylation sites is 2. The number of aryl methyl sites for hydroxylation is 1. The lowest BCUT2D eigenvalue weighted by molar-refractivity contribution is 0.439. The molecule has 0 fully saturated rings. The van der Waals surface area contributed by atoms with Gasteiger partial charge in [-0.2, -0.15) is 0 Å². The lowest BCUT2D eigenvalue weighted by Crippen LogP contribution is -2.29. The largest absolute Gasteiger partial charge is 0.393 e. The summed E-state index contributed by atoms with van der Waals surface area (Å²) in [6.07, 6.45) is 3.94. The molecule has 0 aliphatic rings. The van der Waals surface area contributed by atoms with Crippen molar-refractivity contribution < 1.29 is 0 Å². The second-order valence-corrected chi connectivity index (χ2v) is 5.72. The number of imidazole rings is 1. The first-order valence-electron chi connectivity index (χ1n) is 6.20. The number of rotatable bonds is 5. The summed E-state index contributed by atoms with van der Waals surface area (Å²) in [5.41, 5.74) is 7.90. The monoisotopic (exact) mass is 261 g/mol. The van der Waals surface area contributed by atoms with E-state index in [1.807, 2.05) is 24.5 Å². The Morgan fingerprint density at radius 1 is 1.39 bits per heavy atom. The molecule has 0 radical (unpaired) electrons. The van der Waals surface area contributed by atoms with E-state index in [1.54, 1.807) is 0 Å². The van der Waals surface area contributed by atoms with Gasteiger partial charge in [-0.3, -0.25) is 0 Å². The molecular formula is C14H19N3S. The molecular weight excluding hydrogens is 242 g/mol. The molecule has 0 atom stereocenters. The van der Waals surface area contributed by atoms with Crippen molar-refractivity contribution in [1.29, 1.82) is 0 Å². The number of hydrogen-bond acceptors (Lipinski definition) is 2. The fraction of sp³-hybridized carbons (Fsp3) is 0.429. The van der Waals surface area contributed by atoms with Crippen LogP contribution in [0.1, 0.15) is 26.7 Å². The minimum Gasteiger partial charge on any atom is -0.393 e. The van der Waals surface area contributed by atoms with Crippen LogP contribution < -0.4 is 5.73 Å². The third kappa shape index (κ3) is 2.70. The average Bonchev–Trinajstić information content (AvgIpc) is 2.72. The van der Waals surface area contributed by atoms with Crippen molar-refractivity contribution in [2.24, 2.45) is 11.1 Å². The van der Waals surface area contributed by atoms with Crippen LogP contribution in [0, 0.1) is 5.41 Å². The highest BCUT2D eigenvalue weighted by atomic mass is 32.1. The minimum absolute atomic E-state index is 0.0638. The normalized spacial score (nSPS) is 11.9. The summed E-state index contributed by atoms with van der Waals surface area (Å²) in [5, 5.41) is 0. The van der Waals surface area contributed by atoms with Crippen molar-refractivity contribution in [3.8, 4) is 0 Å². The van der Waals surface area contributed by atoms with Crippen molar-refractivity contribution in [3.05, 3.63) is 30.6 Å². The molecule has 0 amide bonds. The Morgan fingerprint density at radius 2 is 2.11 bits per heavy atom. The van der Waals surface area contributed by atoms with E-state index in [2.05, 4.69) is 29.5 Å².